The molecule has 1 unspecified atom stereocenters. The van der Waals surface area contributed by atoms with Crippen molar-refractivity contribution in [1.82, 2.24) is 0 Å². The highest BCUT2D eigenvalue weighted by molar-refractivity contribution is 9.10. The first-order valence-electron chi connectivity index (χ1n) is 5.86. The lowest BCUT2D eigenvalue weighted by Gasteiger charge is -2.32. The minimum atomic E-state index is -0.615. The van der Waals surface area contributed by atoms with Gasteiger partial charge in [0.05, 0.1) is 12.0 Å². The van der Waals surface area contributed by atoms with Crippen LogP contribution in [0.25, 0.3) is 0 Å². The van der Waals surface area contributed by atoms with Gasteiger partial charge >= 0.3 is 5.97 Å². The van der Waals surface area contributed by atoms with Crippen LogP contribution in [0.5, 0.6) is 0 Å². The second-order valence-electron chi connectivity index (χ2n) is 4.56. The zero-order chi connectivity index (χ0) is 13.1. The fourth-order valence-corrected chi connectivity index (χ4v) is 2.52. The summed E-state index contributed by atoms with van der Waals surface area (Å²) in [6.45, 7) is 8.26. The van der Waals surface area contributed by atoms with E-state index in [0.717, 1.165) is 10.0 Å². The van der Waals surface area contributed by atoms with Crippen molar-refractivity contribution < 1.29 is 9.53 Å². The van der Waals surface area contributed by atoms with Crippen LogP contribution in [0.4, 0.5) is 0 Å². The molecular weight excluding hydrogens is 280 g/mol. The number of ether oxygens (including phenoxy) is 1. The van der Waals surface area contributed by atoms with Crippen LogP contribution in [-0.2, 0) is 14.9 Å². The van der Waals surface area contributed by atoms with Gasteiger partial charge in [0, 0.05) is 4.47 Å². The first-order valence-corrected chi connectivity index (χ1v) is 6.66. The summed E-state index contributed by atoms with van der Waals surface area (Å²) in [5.41, 5.74) is 0.365. The summed E-state index contributed by atoms with van der Waals surface area (Å²) >= 11 is 3.51. The van der Waals surface area contributed by atoms with Gasteiger partial charge < -0.3 is 4.74 Å². The number of carbonyl (C=O) groups is 1. The molecule has 0 saturated heterocycles. The normalized spacial score (nSPS) is 14.5. The standard InChI is InChI=1S/C14H19BrO2/c1-5-17-13(16)14(4,10(2)3)11-8-6-7-9-12(11)15/h6-10H,5H2,1-4H3. The van der Waals surface area contributed by atoms with Crippen molar-refractivity contribution >= 4 is 21.9 Å². The average Bonchev–Trinajstić information content (AvgIpc) is 2.28. The van der Waals surface area contributed by atoms with E-state index >= 15 is 0 Å². The third kappa shape index (κ3) is 2.71. The predicted molar refractivity (Wildman–Crippen MR) is 73.0 cm³/mol. The molecule has 1 atom stereocenters. The topological polar surface area (TPSA) is 26.3 Å². The van der Waals surface area contributed by atoms with Crippen molar-refractivity contribution in [2.45, 2.75) is 33.1 Å². The van der Waals surface area contributed by atoms with Crippen LogP contribution in [0.3, 0.4) is 0 Å². The molecule has 1 aromatic carbocycles. The smallest absolute Gasteiger partial charge is 0.316 e. The van der Waals surface area contributed by atoms with Gasteiger partial charge in [-0.2, -0.15) is 0 Å². The number of halogens is 1. The Morgan fingerprint density at radius 2 is 2.00 bits per heavy atom. The van der Waals surface area contributed by atoms with Crippen LogP contribution in [-0.4, -0.2) is 12.6 Å². The molecule has 0 saturated carbocycles. The van der Waals surface area contributed by atoms with E-state index in [2.05, 4.69) is 15.9 Å². The van der Waals surface area contributed by atoms with E-state index in [1.165, 1.54) is 0 Å². The highest BCUT2D eigenvalue weighted by atomic mass is 79.9. The third-order valence-corrected chi connectivity index (χ3v) is 3.98. The van der Waals surface area contributed by atoms with Crippen LogP contribution < -0.4 is 0 Å². The van der Waals surface area contributed by atoms with E-state index in [-0.39, 0.29) is 11.9 Å². The maximum absolute atomic E-state index is 12.2. The molecule has 0 aliphatic rings. The molecule has 0 bridgehead atoms. The minimum Gasteiger partial charge on any atom is -0.465 e. The molecule has 0 aliphatic carbocycles. The van der Waals surface area contributed by atoms with E-state index in [9.17, 15) is 4.79 Å². The van der Waals surface area contributed by atoms with Crippen molar-refractivity contribution in [2.75, 3.05) is 6.61 Å². The number of benzene rings is 1. The first-order chi connectivity index (χ1) is 7.94. The minimum absolute atomic E-state index is 0.165. The molecule has 17 heavy (non-hydrogen) atoms. The lowest BCUT2D eigenvalue weighted by Crippen LogP contribution is -2.39. The second-order valence-corrected chi connectivity index (χ2v) is 5.41. The summed E-state index contributed by atoms with van der Waals surface area (Å²) in [6, 6.07) is 7.82. The van der Waals surface area contributed by atoms with Gasteiger partial charge in [-0.1, -0.05) is 48.0 Å². The van der Waals surface area contributed by atoms with Gasteiger partial charge in [0.15, 0.2) is 0 Å². The Morgan fingerprint density at radius 1 is 1.41 bits per heavy atom. The van der Waals surface area contributed by atoms with Crippen molar-refractivity contribution in [3.8, 4) is 0 Å². The fraction of sp³-hybridized carbons (Fsp3) is 0.500. The molecule has 0 radical (unpaired) electrons. The summed E-state index contributed by atoms with van der Waals surface area (Å²) in [7, 11) is 0. The molecule has 0 N–H and O–H groups in total. The number of esters is 1. The SMILES string of the molecule is CCOC(=O)C(C)(c1ccccc1Br)C(C)C. The predicted octanol–water partition coefficient (Wildman–Crippen LogP) is 3.93. The van der Waals surface area contributed by atoms with Crippen molar-refractivity contribution in [3.63, 3.8) is 0 Å². The Balaban J connectivity index is 3.26. The molecule has 0 aromatic heterocycles. The van der Waals surface area contributed by atoms with Gasteiger partial charge in [-0.25, -0.2) is 0 Å². The average molecular weight is 299 g/mol. The van der Waals surface area contributed by atoms with Gasteiger partial charge in [-0.15, -0.1) is 0 Å². The zero-order valence-corrected chi connectivity index (χ0v) is 12.4. The van der Waals surface area contributed by atoms with Gasteiger partial charge in [0.2, 0.25) is 0 Å². The van der Waals surface area contributed by atoms with Crippen LogP contribution in [0, 0.1) is 5.92 Å². The quantitative estimate of drug-likeness (QED) is 0.788. The van der Waals surface area contributed by atoms with Crippen molar-refractivity contribution in [3.05, 3.63) is 34.3 Å². The zero-order valence-electron chi connectivity index (χ0n) is 10.8. The summed E-state index contributed by atoms with van der Waals surface area (Å²) in [5.74, 6) is 0.00199. The molecule has 3 heteroatoms. The third-order valence-electron chi connectivity index (χ3n) is 3.29. The lowest BCUT2D eigenvalue weighted by molar-refractivity contribution is -0.151. The van der Waals surface area contributed by atoms with Gasteiger partial charge in [0.1, 0.15) is 0 Å². The van der Waals surface area contributed by atoms with Gasteiger partial charge in [0.25, 0.3) is 0 Å². The van der Waals surface area contributed by atoms with E-state index in [0.29, 0.717) is 6.61 Å². The monoisotopic (exact) mass is 298 g/mol. The molecule has 0 fully saturated rings. The maximum atomic E-state index is 12.2. The number of hydrogen-bond donors (Lipinski definition) is 0. The summed E-state index contributed by atoms with van der Waals surface area (Å²) in [4.78, 5) is 12.2. The fourth-order valence-electron chi connectivity index (χ4n) is 1.82. The molecule has 0 amide bonds. The molecule has 0 spiro atoms. The van der Waals surface area contributed by atoms with E-state index in [1.54, 1.807) is 0 Å². The van der Waals surface area contributed by atoms with Crippen LogP contribution >= 0.6 is 15.9 Å². The van der Waals surface area contributed by atoms with E-state index < -0.39 is 5.41 Å². The summed E-state index contributed by atoms with van der Waals surface area (Å²) < 4.78 is 6.17. The van der Waals surface area contributed by atoms with E-state index in [1.807, 2.05) is 52.0 Å². The van der Waals surface area contributed by atoms with Crippen LogP contribution in [0.2, 0.25) is 0 Å². The Kier molecular flexibility index (Phi) is 4.75. The molecule has 94 valence electrons. The molecule has 2 nitrogen and oxygen atoms in total. The summed E-state index contributed by atoms with van der Waals surface area (Å²) in [5, 5.41) is 0. The molecular formula is C14H19BrO2. The molecule has 0 heterocycles. The lowest BCUT2D eigenvalue weighted by atomic mass is 9.73. The highest BCUT2D eigenvalue weighted by Gasteiger charge is 2.41. The Hall–Kier alpha value is -0.830. The molecule has 1 rings (SSSR count). The van der Waals surface area contributed by atoms with E-state index in [4.69, 9.17) is 4.74 Å². The maximum Gasteiger partial charge on any atom is 0.316 e. The number of hydrogen-bond acceptors (Lipinski definition) is 2. The van der Waals surface area contributed by atoms with Crippen molar-refractivity contribution in [2.24, 2.45) is 5.92 Å². The first kappa shape index (κ1) is 14.2. The molecule has 0 aliphatic heterocycles. The Bertz CT molecular complexity index is 401. The second kappa shape index (κ2) is 5.67. The molecule has 1 aromatic rings. The number of carbonyl (C=O) groups excluding carboxylic acids is 1. The van der Waals surface area contributed by atoms with Crippen molar-refractivity contribution in [1.29, 1.82) is 0 Å². The Labute approximate surface area is 111 Å². The highest BCUT2D eigenvalue weighted by Crippen LogP contribution is 2.37. The van der Waals surface area contributed by atoms with Crippen LogP contribution in [0.15, 0.2) is 28.7 Å². The van der Waals surface area contributed by atoms with Gasteiger partial charge in [-0.3, -0.25) is 4.79 Å². The number of rotatable bonds is 4. The Morgan fingerprint density at radius 3 is 2.47 bits per heavy atom. The largest absolute Gasteiger partial charge is 0.465 e. The van der Waals surface area contributed by atoms with Gasteiger partial charge in [-0.05, 0) is 31.4 Å². The van der Waals surface area contributed by atoms with Crippen LogP contribution in [0.1, 0.15) is 33.3 Å². The summed E-state index contributed by atoms with van der Waals surface area (Å²) in [6.07, 6.45) is 0.